The van der Waals surface area contributed by atoms with E-state index in [-0.39, 0.29) is 50.3 Å². The first-order valence-corrected chi connectivity index (χ1v) is 9.64. The van der Waals surface area contributed by atoms with Crippen molar-refractivity contribution in [2.24, 2.45) is 0 Å². The summed E-state index contributed by atoms with van der Waals surface area (Å²) >= 11 is 0. The molecule has 6 unspecified atom stereocenters. The van der Waals surface area contributed by atoms with Crippen LogP contribution in [0.5, 0.6) is 0 Å². The minimum atomic E-state index is -0.626. The summed E-state index contributed by atoms with van der Waals surface area (Å²) in [5.41, 5.74) is 0. The second-order valence-corrected chi connectivity index (χ2v) is 7.01. The molecule has 0 saturated heterocycles. The minimum Gasteiger partial charge on any atom is -0.394 e. The van der Waals surface area contributed by atoms with Crippen LogP contribution in [0.25, 0.3) is 0 Å². The number of ether oxygens (including phenoxy) is 6. The third kappa shape index (κ3) is 16.3. The number of rotatable bonds is 18. The van der Waals surface area contributed by atoms with E-state index in [1.807, 2.05) is 34.6 Å². The van der Waals surface area contributed by atoms with Gasteiger partial charge in [-0.25, -0.2) is 0 Å². The van der Waals surface area contributed by atoms with Gasteiger partial charge in [0.25, 0.3) is 0 Å². The van der Waals surface area contributed by atoms with E-state index in [0.717, 1.165) is 0 Å². The molecular weight excluding hydrogens is 356 g/mol. The first kappa shape index (κ1) is 26.7. The van der Waals surface area contributed by atoms with Crippen molar-refractivity contribution in [2.45, 2.75) is 71.2 Å². The summed E-state index contributed by atoms with van der Waals surface area (Å²) in [6.07, 6.45) is -1.14. The van der Waals surface area contributed by atoms with Gasteiger partial charge in [-0.05, 0) is 34.6 Å². The number of hydrogen-bond acceptors (Lipinski definition) is 8. The average Bonchev–Trinajstić information content (AvgIpc) is 2.65. The molecule has 164 valence electrons. The quantitative estimate of drug-likeness (QED) is 0.354. The van der Waals surface area contributed by atoms with Crippen molar-refractivity contribution in [1.82, 2.24) is 0 Å². The number of aliphatic hydroxyl groups is 2. The van der Waals surface area contributed by atoms with Crippen LogP contribution >= 0.6 is 0 Å². The fourth-order valence-corrected chi connectivity index (χ4v) is 1.96. The van der Waals surface area contributed by atoms with Crippen LogP contribution < -0.4 is 0 Å². The Balaban J connectivity index is 3.74. The summed E-state index contributed by atoms with van der Waals surface area (Å²) < 4.78 is 32.9. The molecule has 0 fully saturated rings. The molecule has 8 nitrogen and oxygen atoms in total. The standard InChI is InChI=1S/C19H40O8/c1-14(7-20)23-8-15(2)24-9-16(3)25-10-17(4)26-11-18(5)27-13-19(21)12-22-6/h14-21H,7-13H2,1-6H3. The number of methoxy groups -OCH3 is 1. The van der Waals surface area contributed by atoms with Crippen molar-refractivity contribution in [3.8, 4) is 0 Å². The van der Waals surface area contributed by atoms with Gasteiger partial charge in [-0.1, -0.05) is 0 Å². The van der Waals surface area contributed by atoms with Crippen molar-refractivity contribution >= 4 is 0 Å². The molecule has 2 N–H and O–H groups in total. The third-order valence-corrected chi connectivity index (χ3v) is 3.65. The Hall–Kier alpha value is -0.320. The van der Waals surface area contributed by atoms with E-state index in [9.17, 15) is 5.11 Å². The van der Waals surface area contributed by atoms with Crippen LogP contribution in [-0.4, -0.2) is 100 Å². The van der Waals surface area contributed by atoms with Crippen LogP contribution in [0.2, 0.25) is 0 Å². The molecule has 0 heterocycles. The van der Waals surface area contributed by atoms with E-state index < -0.39 is 6.10 Å². The van der Waals surface area contributed by atoms with Gasteiger partial charge in [0, 0.05) is 7.11 Å². The second-order valence-electron chi connectivity index (χ2n) is 7.01. The number of hydrogen-bond donors (Lipinski definition) is 2. The van der Waals surface area contributed by atoms with Crippen molar-refractivity contribution < 1.29 is 38.6 Å². The fourth-order valence-electron chi connectivity index (χ4n) is 1.96. The molecule has 0 radical (unpaired) electrons. The van der Waals surface area contributed by atoms with Gasteiger partial charge in [0.15, 0.2) is 0 Å². The molecule has 6 atom stereocenters. The highest BCUT2D eigenvalue weighted by atomic mass is 16.6. The molecule has 0 aromatic heterocycles. The first-order chi connectivity index (χ1) is 12.8. The zero-order chi connectivity index (χ0) is 20.7. The molecule has 0 aliphatic rings. The van der Waals surface area contributed by atoms with Gasteiger partial charge < -0.3 is 38.6 Å². The van der Waals surface area contributed by atoms with Crippen molar-refractivity contribution in [3.05, 3.63) is 0 Å². The Kier molecular flexibility index (Phi) is 16.4. The predicted octanol–water partition coefficient (Wildman–Crippen LogP) is 1.01. The Morgan fingerprint density at radius 2 is 0.889 bits per heavy atom. The number of aliphatic hydroxyl groups excluding tert-OH is 2. The van der Waals surface area contributed by atoms with Crippen LogP contribution in [0.15, 0.2) is 0 Å². The summed E-state index contributed by atoms with van der Waals surface area (Å²) in [4.78, 5) is 0. The van der Waals surface area contributed by atoms with Crippen molar-refractivity contribution in [2.75, 3.05) is 53.4 Å². The van der Waals surface area contributed by atoms with Gasteiger partial charge in [0.05, 0.1) is 76.8 Å². The van der Waals surface area contributed by atoms with E-state index in [2.05, 4.69) is 0 Å². The monoisotopic (exact) mass is 396 g/mol. The lowest BCUT2D eigenvalue weighted by Crippen LogP contribution is -2.30. The molecule has 0 aliphatic carbocycles. The molecule has 0 spiro atoms. The van der Waals surface area contributed by atoms with Crippen molar-refractivity contribution in [3.63, 3.8) is 0 Å². The summed E-state index contributed by atoms with van der Waals surface area (Å²) in [6, 6.07) is 0. The molecule has 0 amide bonds. The van der Waals surface area contributed by atoms with Gasteiger partial charge in [-0.2, -0.15) is 0 Å². The van der Waals surface area contributed by atoms with Crippen LogP contribution in [-0.2, 0) is 28.4 Å². The van der Waals surface area contributed by atoms with E-state index in [1.165, 1.54) is 7.11 Å². The Labute approximate surface area is 164 Å². The SMILES string of the molecule is COCC(O)COC(C)COC(C)COC(C)COC(C)COC(C)CO. The van der Waals surface area contributed by atoms with Crippen molar-refractivity contribution in [1.29, 1.82) is 0 Å². The lowest BCUT2D eigenvalue weighted by molar-refractivity contribution is -0.103. The topological polar surface area (TPSA) is 95.8 Å². The largest absolute Gasteiger partial charge is 0.394 e. The summed E-state index contributed by atoms with van der Waals surface area (Å²) in [6.45, 7) is 11.8. The molecule has 0 saturated carbocycles. The highest BCUT2D eigenvalue weighted by Gasteiger charge is 2.13. The molecule has 0 bridgehead atoms. The average molecular weight is 397 g/mol. The van der Waals surface area contributed by atoms with Crippen LogP contribution in [0, 0.1) is 0 Å². The second kappa shape index (κ2) is 16.6. The van der Waals surface area contributed by atoms with E-state index in [1.54, 1.807) is 0 Å². The van der Waals surface area contributed by atoms with E-state index >= 15 is 0 Å². The van der Waals surface area contributed by atoms with Gasteiger partial charge in [-0.15, -0.1) is 0 Å². The lowest BCUT2D eigenvalue weighted by atomic mass is 10.3. The first-order valence-electron chi connectivity index (χ1n) is 9.64. The van der Waals surface area contributed by atoms with Gasteiger partial charge in [0.1, 0.15) is 6.10 Å². The Morgan fingerprint density at radius 1 is 0.556 bits per heavy atom. The molecule has 0 aliphatic heterocycles. The van der Waals surface area contributed by atoms with Crippen LogP contribution in [0.3, 0.4) is 0 Å². The fraction of sp³-hybridized carbons (Fsp3) is 1.00. The Bertz CT molecular complexity index is 331. The zero-order valence-corrected chi connectivity index (χ0v) is 17.8. The van der Waals surface area contributed by atoms with Gasteiger partial charge in [0.2, 0.25) is 0 Å². The summed E-state index contributed by atoms with van der Waals surface area (Å²) in [5.74, 6) is 0. The maximum atomic E-state index is 9.54. The highest BCUT2D eigenvalue weighted by Crippen LogP contribution is 2.03. The maximum absolute atomic E-state index is 9.54. The molecule has 0 aromatic carbocycles. The minimum absolute atomic E-state index is 0.00150. The molecule has 0 rings (SSSR count). The van der Waals surface area contributed by atoms with Gasteiger partial charge >= 0.3 is 0 Å². The van der Waals surface area contributed by atoms with Crippen LogP contribution in [0.4, 0.5) is 0 Å². The normalized spacial score (nSPS) is 18.7. The van der Waals surface area contributed by atoms with Gasteiger partial charge in [-0.3, -0.25) is 0 Å². The highest BCUT2D eigenvalue weighted by molar-refractivity contribution is 4.58. The molecule has 8 heteroatoms. The maximum Gasteiger partial charge on any atom is 0.101 e. The molecule has 27 heavy (non-hydrogen) atoms. The van der Waals surface area contributed by atoms with E-state index in [0.29, 0.717) is 26.4 Å². The third-order valence-electron chi connectivity index (χ3n) is 3.65. The smallest absolute Gasteiger partial charge is 0.101 e. The van der Waals surface area contributed by atoms with Crippen LogP contribution in [0.1, 0.15) is 34.6 Å². The molecular formula is C19H40O8. The zero-order valence-electron chi connectivity index (χ0n) is 17.8. The molecule has 0 aromatic rings. The summed E-state index contributed by atoms with van der Waals surface area (Å²) in [5, 5.41) is 18.5. The predicted molar refractivity (Wildman–Crippen MR) is 102 cm³/mol. The van der Waals surface area contributed by atoms with E-state index in [4.69, 9.17) is 33.5 Å². The summed E-state index contributed by atoms with van der Waals surface area (Å²) in [7, 11) is 1.54. The lowest BCUT2D eigenvalue weighted by Gasteiger charge is -2.22. The Morgan fingerprint density at radius 3 is 1.22 bits per heavy atom.